The summed E-state index contributed by atoms with van der Waals surface area (Å²) in [4.78, 5) is 16.6. The summed E-state index contributed by atoms with van der Waals surface area (Å²) in [5.74, 6) is -0.146. The predicted octanol–water partition coefficient (Wildman–Crippen LogP) is 3.46. The van der Waals surface area contributed by atoms with Gasteiger partial charge in [-0.15, -0.1) is 0 Å². The van der Waals surface area contributed by atoms with E-state index in [1.807, 2.05) is 37.3 Å². The van der Waals surface area contributed by atoms with Crippen molar-refractivity contribution < 1.29 is 5.11 Å². The molecule has 0 fully saturated rings. The second-order valence-corrected chi connectivity index (χ2v) is 5.58. The zero-order valence-corrected chi connectivity index (χ0v) is 14.2. The minimum Gasteiger partial charge on any atom is -0.494 e. The minimum atomic E-state index is -0.459. The molecule has 2 aromatic rings. The number of aromatic nitrogens is 1. The van der Waals surface area contributed by atoms with E-state index in [-0.39, 0.29) is 11.4 Å². The van der Waals surface area contributed by atoms with Crippen molar-refractivity contribution in [2.75, 3.05) is 0 Å². The molecule has 0 bridgehead atoms. The van der Waals surface area contributed by atoms with Gasteiger partial charge in [-0.1, -0.05) is 26.0 Å². The molecule has 2 rings (SSSR count). The molecule has 0 aliphatic heterocycles. The average Bonchev–Trinajstić information content (AvgIpc) is 2.59. The average molecular weight is 323 g/mol. The van der Waals surface area contributed by atoms with Crippen LogP contribution in [-0.4, -0.2) is 15.9 Å². The highest BCUT2D eigenvalue weighted by Crippen LogP contribution is 2.21. The second-order valence-electron chi connectivity index (χ2n) is 5.58. The van der Waals surface area contributed by atoms with Crippen LogP contribution in [-0.2, 0) is 13.0 Å². The maximum atomic E-state index is 12.3. The lowest BCUT2D eigenvalue weighted by molar-refractivity contribution is 0.403. The zero-order valence-electron chi connectivity index (χ0n) is 14.2. The fourth-order valence-electron chi connectivity index (χ4n) is 2.51. The highest BCUT2D eigenvalue weighted by Gasteiger charge is 2.17. The molecule has 0 saturated heterocycles. The maximum absolute atomic E-state index is 12.3. The standard InChI is InChI=1S/C19H21N3O2/c1-4-10-22-18(23)16(11-20)13(3)17(19(22)24)12-21-15-8-6-14(5-2)7-9-15/h6-9,12,24H,4-5,10H2,1-3H3. The van der Waals surface area contributed by atoms with Crippen LogP contribution in [0.2, 0.25) is 0 Å². The third-order valence-corrected chi connectivity index (χ3v) is 3.98. The van der Waals surface area contributed by atoms with Gasteiger partial charge in [0.15, 0.2) is 0 Å². The number of nitrogens with zero attached hydrogens (tertiary/aromatic N) is 3. The molecule has 0 atom stereocenters. The van der Waals surface area contributed by atoms with Crippen LogP contribution in [0.15, 0.2) is 34.1 Å². The Morgan fingerprint density at radius 1 is 1.29 bits per heavy atom. The number of pyridine rings is 1. The van der Waals surface area contributed by atoms with Gasteiger partial charge in [0.1, 0.15) is 11.6 Å². The van der Waals surface area contributed by atoms with E-state index in [4.69, 9.17) is 0 Å². The molecule has 5 nitrogen and oxygen atoms in total. The van der Waals surface area contributed by atoms with Crippen LogP contribution >= 0.6 is 0 Å². The number of hydrogen-bond acceptors (Lipinski definition) is 4. The number of hydrogen-bond donors (Lipinski definition) is 1. The van der Waals surface area contributed by atoms with E-state index in [1.165, 1.54) is 16.3 Å². The molecule has 5 heteroatoms. The molecule has 1 heterocycles. The molecule has 124 valence electrons. The summed E-state index contributed by atoms with van der Waals surface area (Å²) in [5, 5.41) is 19.7. The van der Waals surface area contributed by atoms with Gasteiger partial charge in [0, 0.05) is 12.8 Å². The van der Waals surface area contributed by atoms with Gasteiger partial charge in [-0.05, 0) is 43.0 Å². The smallest absolute Gasteiger partial charge is 0.271 e. The van der Waals surface area contributed by atoms with Gasteiger partial charge in [0.05, 0.1) is 11.3 Å². The summed E-state index contributed by atoms with van der Waals surface area (Å²) in [7, 11) is 0. The monoisotopic (exact) mass is 323 g/mol. The van der Waals surface area contributed by atoms with Crippen LogP contribution in [0.3, 0.4) is 0 Å². The summed E-state index contributed by atoms with van der Waals surface area (Å²) in [6.45, 7) is 5.99. The Labute approximate surface area is 141 Å². The topological polar surface area (TPSA) is 78.4 Å². The van der Waals surface area contributed by atoms with Crippen molar-refractivity contribution in [1.82, 2.24) is 4.57 Å². The lowest BCUT2D eigenvalue weighted by atomic mass is 10.1. The van der Waals surface area contributed by atoms with Gasteiger partial charge in [0.25, 0.3) is 5.56 Å². The van der Waals surface area contributed by atoms with Gasteiger partial charge < -0.3 is 5.11 Å². The quantitative estimate of drug-likeness (QED) is 0.856. The van der Waals surface area contributed by atoms with E-state index < -0.39 is 5.56 Å². The number of rotatable bonds is 5. The predicted molar refractivity (Wildman–Crippen MR) is 95.2 cm³/mol. The molecule has 0 saturated carbocycles. The zero-order chi connectivity index (χ0) is 17.7. The molecule has 1 aromatic carbocycles. The van der Waals surface area contributed by atoms with E-state index in [0.717, 1.165) is 12.1 Å². The third-order valence-electron chi connectivity index (χ3n) is 3.98. The molecular weight excluding hydrogens is 302 g/mol. The largest absolute Gasteiger partial charge is 0.494 e. The van der Waals surface area contributed by atoms with Crippen LogP contribution < -0.4 is 5.56 Å². The number of benzene rings is 1. The van der Waals surface area contributed by atoms with E-state index in [0.29, 0.717) is 24.1 Å². The Morgan fingerprint density at radius 2 is 1.96 bits per heavy atom. The Balaban J connectivity index is 2.52. The van der Waals surface area contributed by atoms with Gasteiger partial charge >= 0.3 is 0 Å². The van der Waals surface area contributed by atoms with E-state index in [9.17, 15) is 15.2 Å². The van der Waals surface area contributed by atoms with E-state index in [2.05, 4.69) is 11.9 Å². The molecule has 24 heavy (non-hydrogen) atoms. The molecule has 1 N–H and O–H groups in total. The lowest BCUT2D eigenvalue weighted by Crippen LogP contribution is -2.25. The van der Waals surface area contributed by atoms with Crippen LogP contribution in [0.5, 0.6) is 5.88 Å². The van der Waals surface area contributed by atoms with E-state index in [1.54, 1.807) is 6.92 Å². The van der Waals surface area contributed by atoms with Crippen LogP contribution in [0.1, 0.15) is 42.5 Å². The number of aliphatic imine (C=N–C) groups is 1. The van der Waals surface area contributed by atoms with Gasteiger partial charge in [-0.3, -0.25) is 14.4 Å². The SMILES string of the molecule is CCCn1c(O)c(C=Nc2ccc(CC)cc2)c(C)c(C#N)c1=O. The van der Waals surface area contributed by atoms with Crippen LogP contribution in [0.4, 0.5) is 5.69 Å². The molecule has 0 amide bonds. The normalized spacial score (nSPS) is 10.9. The van der Waals surface area contributed by atoms with E-state index >= 15 is 0 Å². The van der Waals surface area contributed by atoms with Crippen LogP contribution in [0.25, 0.3) is 0 Å². The van der Waals surface area contributed by atoms with Gasteiger partial charge in [-0.2, -0.15) is 5.26 Å². The van der Waals surface area contributed by atoms with Crippen molar-refractivity contribution >= 4 is 11.9 Å². The van der Waals surface area contributed by atoms with Crippen molar-refractivity contribution in [3.63, 3.8) is 0 Å². The first-order chi connectivity index (χ1) is 11.5. The minimum absolute atomic E-state index is 0.0454. The van der Waals surface area contributed by atoms with Crippen molar-refractivity contribution in [3.05, 3.63) is 56.9 Å². The summed E-state index contributed by atoms with van der Waals surface area (Å²) >= 11 is 0. The fraction of sp³-hybridized carbons (Fsp3) is 0.316. The number of aryl methyl sites for hydroxylation is 1. The van der Waals surface area contributed by atoms with Crippen molar-refractivity contribution in [1.29, 1.82) is 5.26 Å². The third kappa shape index (κ3) is 3.38. The molecule has 0 spiro atoms. The first-order valence-electron chi connectivity index (χ1n) is 8.02. The Hall–Kier alpha value is -2.87. The molecule has 0 aliphatic rings. The summed E-state index contributed by atoms with van der Waals surface area (Å²) in [6.07, 6.45) is 3.14. The molecular formula is C19H21N3O2. The molecule has 1 aromatic heterocycles. The summed E-state index contributed by atoms with van der Waals surface area (Å²) in [6, 6.07) is 9.73. The van der Waals surface area contributed by atoms with Crippen molar-refractivity contribution in [3.8, 4) is 11.9 Å². The highest BCUT2D eigenvalue weighted by molar-refractivity contribution is 5.87. The first kappa shape index (κ1) is 17.5. The molecule has 0 aliphatic carbocycles. The number of aromatic hydroxyl groups is 1. The second kappa shape index (κ2) is 7.60. The number of nitriles is 1. The summed E-state index contributed by atoms with van der Waals surface area (Å²) < 4.78 is 1.23. The Kier molecular flexibility index (Phi) is 5.54. The van der Waals surface area contributed by atoms with Crippen LogP contribution in [0, 0.1) is 18.3 Å². The Bertz CT molecular complexity index is 856. The van der Waals surface area contributed by atoms with Crippen molar-refractivity contribution in [2.45, 2.75) is 40.2 Å². The summed E-state index contributed by atoms with van der Waals surface area (Å²) in [5.41, 5.74) is 2.40. The molecule has 0 radical (unpaired) electrons. The Morgan fingerprint density at radius 3 is 2.50 bits per heavy atom. The van der Waals surface area contributed by atoms with Gasteiger partial charge in [-0.25, -0.2) is 0 Å². The molecule has 0 unspecified atom stereocenters. The van der Waals surface area contributed by atoms with Gasteiger partial charge in [0.2, 0.25) is 5.88 Å². The maximum Gasteiger partial charge on any atom is 0.271 e. The first-order valence-corrected chi connectivity index (χ1v) is 8.02. The fourth-order valence-corrected chi connectivity index (χ4v) is 2.51. The van der Waals surface area contributed by atoms with Crippen molar-refractivity contribution in [2.24, 2.45) is 4.99 Å². The lowest BCUT2D eigenvalue weighted by Gasteiger charge is -2.13. The highest BCUT2D eigenvalue weighted by atomic mass is 16.3.